The first kappa shape index (κ1) is 19.1. The van der Waals surface area contributed by atoms with E-state index in [4.69, 9.17) is 9.15 Å². The van der Waals surface area contributed by atoms with Gasteiger partial charge in [-0.05, 0) is 72.9 Å². The molecule has 0 radical (unpaired) electrons. The van der Waals surface area contributed by atoms with Gasteiger partial charge < -0.3 is 19.2 Å². The Kier molecular flexibility index (Phi) is 5.51. The molecule has 1 aliphatic heterocycles. The largest absolute Gasteiger partial charge is 0.508 e. The van der Waals surface area contributed by atoms with Crippen LogP contribution < -0.4 is 4.74 Å². The molecule has 150 valence electrons. The predicted molar refractivity (Wildman–Crippen MR) is 105 cm³/mol. The summed E-state index contributed by atoms with van der Waals surface area (Å²) in [6.07, 6.45) is 1.75. The minimum atomic E-state index is -0.322. The summed E-state index contributed by atoms with van der Waals surface area (Å²) in [4.78, 5) is 14.5. The zero-order valence-electron chi connectivity index (χ0n) is 15.9. The molecule has 1 aliphatic rings. The maximum Gasteiger partial charge on any atom is 0.289 e. The smallest absolute Gasteiger partial charge is 0.289 e. The number of benzene rings is 2. The Morgan fingerprint density at radius 3 is 2.41 bits per heavy atom. The van der Waals surface area contributed by atoms with Gasteiger partial charge >= 0.3 is 0 Å². The average molecular weight is 395 g/mol. The summed E-state index contributed by atoms with van der Waals surface area (Å²) in [6.45, 7) is 1.49. The Balaban J connectivity index is 1.31. The lowest BCUT2D eigenvalue weighted by atomic mass is 9.89. The SMILES string of the molecule is O=C(c1ccc(COc2ccc(F)cc2)o1)N1CCC(c2ccc(O)cc2)CC1. The quantitative estimate of drug-likeness (QED) is 0.679. The molecule has 1 fully saturated rings. The van der Waals surface area contributed by atoms with Gasteiger partial charge in [0.25, 0.3) is 5.91 Å². The highest BCUT2D eigenvalue weighted by atomic mass is 19.1. The number of ether oxygens (including phenoxy) is 1. The molecule has 2 heterocycles. The third-order valence-corrected chi connectivity index (χ3v) is 5.21. The van der Waals surface area contributed by atoms with Crippen molar-refractivity contribution in [3.63, 3.8) is 0 Å². The molecule has 5 nitrogen and oxygen atoms in total. The van der Waals surface area contributed by atoms with Gasteiger partial charge in [-0.2, -0.15) is 0 Å². The molecule has 1 N–H and O–H groups in total. The highest BCUT2D eigenvalue weighted by Crippen LogP contribution is 2.29. The number of piperidine rings is 1. The number of carbonyl (C=O) groups is 1. The van der Waals surface area contributed by atoms with Crippen LogP contribution in [0.2, 0.25) is 0 Å². The first-order chi connectivity index (χ1) is 14.1. The molecule has 0 atom stereocenters. The summed E-state index contributed by atoms with van der Waals surface area (Å²) in [7, 11) is 0. The van der Waals surface area contributed by atoms with Crippen LogP contribution in [0.1, 0.15) is 40.6 Å². The van der Waals surface area contributed by atoms with Crippen molar-refractivity contribution in [2.75, 3.05) is 13.1 Å². The lowest BCUT2D eigenvalue weighted by Gasteiger charge is -2.31. The fourth-order valence-electron chi connectivity index (χ4n) is 3.57. The van der Waals surface area contributed by atoms with Gasteiger partial charge in [0.15, 0.2) is 5.76 Å². The van der Waals surface area contributed by atoms with E-state index in [0.29, 0.717) is 36.3 Å². The van der Waals surface area contributed by atoms with Crippen LogP contribution in [-0.2, 0) is 6.61 Å². The Morgan fingerprint density at radius 1 is 1.03 bits per heavy atom. The molecular formula is C23H22FNO4. The Bertz CT molecular complexity index is 957. The van der Waals surface area contributed by atoms with E-state index >= 15 is 0 Å². The van der Waals surface area contributed by atoms with Gasteiger partial charge in [-0.15, -0.1) is 0 Å². The third kappa shape index (κ3) is 4.59. The van der Waals surface area contributed by atoms with Crippen LogP contribution >= 0.6 is 0 Å². The minimum Gasteiger partial charge on any atom is -0.508 e. The van der Waals surface area contributed by atoms with Gasteiger partial charge in [0, 0.05) is 13.1 Å². The molecule has 0 aliphatic carbocycles. The van der Waals surface area contributed by atoms with Crippen LogP contribution in [0, 0.1) is 5.82 Å². The first-order valence-electron chi connectivity index (χ1n) is 9.64. The van der Waals surface area contributed by atoms with Gasteiger partial charge in [-0.3, -0.25) is 4.79 Å². The topological polar surface area (TPSA) is 62.9 Å². The molecule has 0 unspecified atom stereocenters. The van der Waals surface area contributed by atoms with Crippen LogP contribution in [0.4, 0.5) is 4.39 Å². The van der Waals surface area contributed by atoms with Crippen molar-refractivity contribution in [1.29, 1.82) is 0 Å². The second kappa shape index (κ2) is 8.39. The van der Waals surface area contributed by atoms with Crippen molar-refractivity contribution in [2.45, 2.75) is 25.4 Å². The molecule has 1 amide bonds. The molecule has 2 aromatic carbocycles. The number of likely N-dealkylation sites (tertiary alicyclic amines) is 1. The normalized spacial score (nSPS) is 14.7. The van der Waals surface area contributed by atoms with E-state index in [1.165, 1.54) is 17.7 Å². The summed E-state index contributed by atoms with van der Waals surface area (Å²) >= 11 is 0. The summed E-state index contributed by atoms with van der Waals surface area (Å²) in [5.74, 6) is 1.57. The minimum absolute atomic E-state index is 0.123. The molecule has 0 saturated carbocycles. The van der Waals surface area contributed by atoms with Crippen molar-refractivity contribution < 1.29 is 23.4 Å². The fourth-order valence-corrected chi connectivity index (χ4v) is 3.57. The van der Waals surface area contributed by atoms with E-state index in [-0.39, 0.29) is 24.1 Å². The monoisotopic (exact) mass is 395 g/mol. The van der Waals surface area contributed by atoms with Gasteiger partial charge in [-0.25, -0.2) is 4.39 Å². The van der Waals surface area contributed by atoms with E-state index in [0.717, 1.165) is 12.8 Å². The molecule has 0 spiro atoms. The van der Waals surface area contributed by atoms with Crippen molar-refractivity contribution >= 4 is 5.91 Å². The zero-order chi connectivity index (χ0) is 20.2. The maximum atomic E-state index is 12.9. The van der Waals surface area contributed by atoms with E-state index in [2.05, 4.69) is 0 Å². The highest BCUT2D eigenvalue weighted by Gasteiger charge is 2.26. The van der Waals surface area contributed by atoms with E-state index in [1.54, 1.807) is 41.3 Å². The van der Waals surface area contributed by atoms with Crippen molar-refractivity contribution in [1.82, 2.24) is 4.90 Å². The second-order valence-electron chi connectivity index (χ2n) is 7.17. The van der Waals surface area contributed by atoms with E-state index in [9.17, 15) is 14.3 Å². The van der Waals surface area contributed by atoms with Crippen molar-refractivity contribution in [2.24, 2.45) is 0 Å². The number of phenolic OH excluding ortho intramolecular Hbond substituents is 1. The number of aromatic hydroxyl groups is 1. The van der Waals surface area contributed by atoms with Crippen molar-refractivity contribution in [3.05, 3.63) is 83.6 Å². The summed E-state index contributed by atoms with van der Waals surface area (Å²) in [5.41, 5.74) is 1.19. The van der Waals surface area contributed by atoms with Crippen molar-refractivity contribution in [3.8, 4) is 11.5 Å². The number of amides is 1. The zero-order valence-corrected chi connectivity index (χ0v) is 15.9. The molecule has 3 aromatic rings. The second-order valence-corrected chi connectivity index (χ2v) is 7.17. The number of hydrogen-bond acceptors (Lipinski definition) is 4. The number of phenols is 1. The maximum absolute atomic E-state index is 12.9. The standard InChI is InChI=1S/C23H22FNO4/c24-18-3-7-20(8-4-18)28-15-21-9-10-22(29-21)23(27)25-13-11-17(12-14-25)16-1-5-19(26)6-2-16/h1-10,17,26H,11-15H2. The Labute approximate surface area is 168 Å². The number of hydrogen-bond donors (Lipinski definition) is 1. The van der Waals surface area contributed by atoms with Crippen LogP contribution in [-0.4, -0.2) is 29.0 Å². The molecule has 29 heavy (non-hydrogen) atoms. The summed E-state index contributed by atoms with van der Waals surface area (Å²) < 4.78 is 24.1. The molecule has 4 rings (SSSR count). The van der Waals surface area contributed by atoms with Gasteiger partial charge in [0.1, 0.15) is 29.7 Å². The summed E-state index contributed by atoms with van der Waals surface area (Å²) in [6, 6.07) is 16.4. The van der Waals surface area contributed by atoms with Crippen LogP contribution in [0.15, 0.2) is 65.1 Å². The molecule has 1 aromatic heterocycles. The van der Waals surface area contributed by atoms with Crippen LogP contribution in [0.25, 0.3) is 0 Å². The Hall–Kier alpha value is -3.28. The number of nitrogens with zero attached hydrogens (tertiary/aromatic N) is 1. The molecule has 0 bridgehead atoms. The lowest BCUT2D eigenvalue weighted by molar-refractivity contribution is 0.0676. The number of rotatable bonds is 5. The van der Waals surface area contributed by atoms with Gasteiger partial charge in [0.2, 0.25) is 0 Å². The predicted octanol–water partition coefficient (Wildman–Crippen LogP) is 4.72. The molecular weight excluding hydrogens is 373 g/mol. The van der Waals surface area contributed by atoms with Gasteiger partial charge in [0.05, 0.1) is 0 Å². The van der Waals surface area contributed by atoms with Gasteiger partial charge in [-0.1, -0.05) is 12.1 Å². The molecule has 6 heteroatoms. The average Bonchev–Trinajstić information content (AvgIpc) is 3.23. The first-order valence-corrected chi connectivity index (χ1v) is 9.64. The van der Waals surface area contributed by atoms with E-state index < -0.39 is 0 Å². The highest BCUT2D eigenvalue weighted by molar-refractivity contribution is 5.91. The number of halogens is 1. The molecule has 1 saturated heterocycles. The van der Waals surface area contributed by atoms with Crippen LogP contribution in [0.5, 0.6) is 11.5 Å². The third-order valence-electron chi connectivity index (χ3n) is 5.21. The van der Waals surface area contributed by atoms with E-state index in [1.807, 2.05) is 12.1 Å². The lowest BCUT2D eigenvalue weighted by Crippen LogP contribution is -2.37. The summed E-state index contributed by atoms with van der Waals surface area (Å²) in [5, 5.41) is 9.42. The Morgan fingerprint density at radius 2 is 1.72 bits per heavy atom. The van der Waals surface area contributed by atoms with Crippen LogP contribution in [0.3, 0.4) is 0 Å². The fraction of sp³-hybridized carbons (Fsp3) is 0.261. The number of furan rings is 1. The number of carbonyl (C=O) groups excluding carboxylic acids is 1.